The summed E-state index contributed by atoms with van der Waals surface area (Å²) in [6.07, 6.45) is 4.69. The highest BCUT2D eigenvalue weighted by Gasteiger charge is 2.13. The monoisotopic (exact) mass is 369 g/mol. The van der Waals surface area contributed by atoms with Crippen LogP contribution in [0.5, 0.6) is 0 Å². The van der Waals surface area contributed by atoms with Crippen LogP contribution in [0.25, 0.3) is 23.0 Å². The number of nitrogens with zero attached hydrogens (tertiary/aromatic N) is 2. The van der Waals surface area contributed by atoms with Gasteiger partial charge in [0.2, 0.25) is 0 Å². The van der Waals surface area contributed by atoms with Crippen molar-refractivity contribution in [3.63, 3.8) is 0 Å². The fourth-order valence-corrected chi connectivity index (χ4v) is 3.07. The molecule has 0 aliphatic heterocycles. The number of imidazole rings is 1. The number of carboxylic acid groups (broad SMARTS) is 1. The lowest BCUT2D eigenvalue weighted by Crippen LogP contribution is -2.03. The SMILES string of the molecule is O=C(O)C=Cc1ccc(-c2nc3ccccn3c2NCc2ccccc2)cc1. The van der Waals surface area contributed by atoms with Gasteiger partial charge in [0, 0.05) is 24.4 Å². The Morgan fingerprint density at radius 2 is 1.75 bits per heavy atom. The molecule has 2 heterocycles. The normalized spacial score (nSPS) is 11.1. The Labute approximate surface area is 162 Å². The highest BCUT2D eigenvalue weighted by molar-refractivity contribution is 5.85. The maximum Gasteiger partial charge on any atom is 0.328 e. The number of nitrogens with one attached hydrogen (secondary N) is 1. The maximum absolute atomic E-state index is 10.7. The molecule has 2 aromatic carbocycles. The van der Waals surface area contributed by atoms with Gasteiger partial charge in [0.1, 0.15) is 17.2 Å². The van der Waals surface area contributed by atoms with Crippen molar-refractivity contribution in [3.05, 3.63) is 96.2 Å². The average Bonchev–Trinajstić information content (AvgIpc) is 3.10. The van der Waals surface area contributed by atoms with Crippen LogP contribution >= 0.6 is 0 Å². The molecule has 0 atom stereocenters. The number of hydrogen-bond donors (Lipinski definition) is 2. The summed E-state index contributed by atoms with van der Waals surface area (Å²) in [6.45, 7) is 0.690. The third-order valence-electron chi connectivity index (χ3n) is 4.44. The van der Waals surface area contributed by atoms with Gasteiger partial charge in [-0.1, -0.05) is 60.7 Å². The van der Waals surface area contributed by atoms with E-state index in [2.05, 4.69) is 17.4 Å². The summed E-state index contributed by atoms with van der Waals surface area (Å²) in [5.41, 5.74) is 4.70. The summed E-state index contributed by atoms with van der Waals surface area (Å²) in [5, 5.41) is 12.3. The smallest absolute Gasteiger partial charge is 0.328 e. The molecule has 28 heavy (non-hydrogen) atoms. The van der Waals surface area contributed by atoms with E-state index in [1.165, 1.54) is 5.56 Å². The molecule has 0 saturated heterocycles. The van der Waals surface area contributed by atoms with Crippen molar-refractivity contribution in [2.24, 2.45) is 0 Å². The second kappa shape index (κ2) is 7.80. The number of hydrogen-bond acceptors (Lipinski definition) is 3. The number of rotatable bonds is 6. The molecule has 0 saturated carbocycles. The van der Waals surface area contributed by atoms with E-state index in [0.29, 0.717) is 6.54 Å². The molecule has 2 aromatic heterocycles. The number of fused-ring (bicyclic) bond motifs is 1. The Balaban J connectivity index is 1.69. The van der Waals surface area contributed by atoms with Gasteiger partial charge in [-0.05, 0) is 29.3 Å². The summed E-state index contributed by atoms with van der Waals surface area (Å²) >= 11 is 0. The lowest BCUT2D eigenvalue weighted by atomic mass is 10.1. The molecule has 0 aliphatic carbocycles. The summed E-state index contributed by atoms with van der Waals surface area (Å²) in [6, 6.07) is 23.8. The summed E-state index contributed by atoms with van der Waals surface area (Å²) in [4.78, 5) is 15.5. The van der Waals surface area contributed by atoms with Crippen LogP contribution in [0, 0.1) is 0 Å². The number of pyridine rings is 1. The van der Waals surface area contributed by atoms with Crippen LogP contribution in [0.1, 0.15) is 11.1 Å². The molecule has 0 fully saturated rings. The van der Waals surface area contributed by atoms with Gasteiger partial charge in [0.25, 0.3) is 0 Å². The van der Waals surface area contributed by atoms with Gasteiger partial charge in [-0.25, -0.2) is 9.78 Å². The van der Waals surface area contributed by atoms with E-state index in [1.807, 2.05) is 71.3 Å². The first-order valence-corrected chi connectivity index (χ1v) is 8.97. The molecular formula is C23H19N3O2. The highest BCUT2D eigenvalue weighted by atomic mass is 16.4. The molecular weight excluding hydrogens is 350 g/mol. The zero-order chi connectivity index (χ0) is 19.3. The van der Waals surface area contributed by atoms with E-state index in [1.54, 1.807) is 6.08 Å². The molecule has 4 aromatic rings. The van der Waals surface area contributed by atoms with Crippen LogP contribution in [0.3, 0.4) is 0 Å². The standard InChI is InChI=1S/C23H19N3O2/c27-21(28)14-11-17-9-12-19(13-10-17)22-23(24-16-18-6-2-1-3-7-18)26-15-5-4-8-20(26)25-22/h1-15,24H,16H2,(H,27,28). The minimum atomic E-state index is -0.961. The second-order valence-electron chi connectivity index (χ2n) is 6.37. The molecule has 0 amide bonds. The van der Waals surface area contributed by atoms with E-state index in [-0.39, 0.29) is 0 Å². The average molecular weight is 369 g/mol. The van der Waals surface area contributed by atoms with Crippen LogP contribution < -0.4 is 5.32 Å². The van der Waals surface area contributed by atoms with Crippen molar-refractivity contribution in [1.82, 2.24) is 9.38 Å². The molecule has 0 spiro atoms. The molecule has 2 N–H and O–H groups in total. The molecule has 0 radical (unpaired) electrons. The van der Waals surface area contributed by atoms with Crippen molar-refractivity contribution in [2.75, 3.05) is 5.32 Å². The van der Waals surface area contributed by atoms with Crippen LogP contribution in [0.2, 0.25) is 0 Å². The van der Waals surface area contributed by atoms with Gasteiger partial charge >= 0.3 is 5.97 Å². The van der Waals surface area contributed by atoms with Crippen molar-refractivity contribution in [2.45, 2.75) is 6.54 Å². The first kappa shape index (κ1) is 17.5. The quantitative estimate of drug-likeness (QED) is 0.483. The fraction of sp³-hybridized carbons (Fsp3) is 0.0435. The van der Waals surface area contributed by atoms with E-state index < -0.39 is 5.97 Å². The Morgan fingerprint density at radius 1 is 1.00 bits per heavy atom. The van der Waals surface area contributed by atoms with Gasteiger partial charge in [0.05, 0.1) is 0 Å². The predicted molar refractivity (Wildman–Crippen MR) is 111 cm³/mol. The molecule has 0 unspecified atom stereocenters. The van der Waals surface area contributed by atoms with Crippen LogP contribution in [-0.4, -0.2) is 20.5 Å². The highest BCUT2D eigenvalue weighted by Crippen LogP contribution is 2.29. The van der Waals surface area contributed by atoms with Crippen molar-refractivity contribution >= 4 is 23.5 Å². The van der Waals surface area contributed by atoms with Gasteiger partial charge in [-0.3, -0.25) is 4.40 Å². The summed E-state index contributed by atoms with van der Waals surface area (Å²) in [7, 11) is 0. The zero-order valence-corrected chi connectivity index (χ0v) is 15.1. The van der Waals surface area contributed by atoms with Crippen molar-refractivity contribution in [3.8, 4) is 11.3 Å². The van der Waals surface area contributed by atoms with E-state index in [4.69, 9.17) is 10.1 Å². The van der Waals surface area contributed by atoms with Gasteiger partial charge < -0.3 is 10.4 Å². The van der Waals surface area contributed by atoms with Crippen LogP contribution in [-0.2, 0) is 11.3 Å². The Morgan fingerprint density at radius 3 is 2.50 bits per heavy atom. The summed E-state index contributed by atoms with van der Waals surface area (Å²) in [5.74, 6) is -0.0369. The molecule has 5 nitrogen and oxygen atoms in total. The summed E-state index contributed by atoms with van der Waals surface area (Å²) < 4.78 is 2.04. The topological polar surface area (TPSA) is 66.6 Å². The van der Waals surface area contributed by atoms with Gasteiger partial charge in [0.15, 0.2) is 0 Å². The number of carbonyl (C=O) groups is 1. The number of anilines is 1. The second-order valence-corrected chi connectivity index (χ2v) is 6.37. The van der Waals surface area contributed by atoms with Gasteiger partial charge in [-0.15, -0.1) is 0 Å². The lowest BCUT2D eigenvalue weighted by molar-refractivity contribution is -0.131. The molecule has 0 bridgehead atoms. The minimum Gasteiger partial charge on any atom is -0.478 e. The number of carboxylic acids is 1. The minimum absolute atomic E-state index is 0.690. The predicted octanol–water partition coefficient (Wildman–Crippen LogP) is 4.71. The maximum atomic E-state index is 10.7. The fourth-order valence-electron chi connectivity index (χ4n) is 3.07. The van der Waals surface area contributed by atoms with Crippen LogP contribution in [0.4, 0.5) is 5.82 Å². The number of aliphatic carboxylic acids is 1. The lowest BCUT2D eigenvalue weighted by Gasteiger charge is -2.09. The van der Waals surface area contributed by atoms with Crippen molar-refractivity contribution in [1.29, 1.82) is 0 Å². The Bertz CT molecular complexity index is 1130. The van der Waals surface area contributed by atoms with E-state index in [0.717, 1.165) is 34.4 Å². The molecule has 138 valence electrons. The van der Waals surface area contributed by atoms with E-state index >= 15 is 0 Å². The van der Waals surface area contributed by atoms with Crippen LogP contribution in [0.15, 0.2) is 85.1 Å². The first-order chi connectivity index (χ1) is 13.7. The molecule has 5 heteroatoms. The number of aromatic nitrogens is 2. The largest absolute Gasteiger partial charge is 0.478 e. The molecule has 4 rings (SSSR count). The van der Waals surface area contributed by atoms with Gasteiger partial charge in [-0.2, -0.15) is 0 Å². The zero-order valence-electron chi connectivity index (χ0n) is 15.1. The van der Waals surface area contributed by atoms with Crippen molar-refractivity contribution < 1.29 is 9.90 Å². The third kappa shape index (κ3) is 3.78. The Kier molecular flexibility index (Phi) is 4.89. The third-order valence-corrected chi connectivity index (χ3v) is 4.44. The number of benzene rings is 2. The van der Waals surface area contributed by atoms with E-state index in [9.17, 15) is 4.79 Å². The molecule has 0 aliphatic rings. The first-order valence-electron chi connectivity index (χ1n) is 8.97. The Hall–Kier alpha value is -3.86.